The Morgan fingerprint density at radius 1 is 1.67 bits per heavy atom. The van der Waals surface area contributed by atoms with Gasteiger partial charge in [-0.05, 0) is 37.9 Å². The van der Waals surface area contributed by atoms with Crippen molar-refractivity contribution in [2.24, 2.45) is 11.7 Å². The molecule has 0 aromatic rings. The summed E-state index contributed by atoms with van der Waals surface area (Å²) in [6.45, 7) is 4.39. The summed E-state index contributed by atoms with van der Waals surface area (Å²) in [6.07, 6.45) is 3.66. The second-order valence-corrected chi connectivity index (χ2v) is 6.55. The largest absolute Gasteiger partial charge is 0.465 e. The molecular weight excluding hydrogens is 250 g/mol. The van der Waals surface area contributed by atoms with Crippen molar-refractivity contribution in [3.8, 4) is 0 Å². The third kappa shape index (κ3) is 3.87. The summed E-state index contributed by atoms with van der Waals surface area (Å²) in [7, 11) is 0. The number of carbonyl (C=O) groups is 1. The van der Waals surface area contributed by atoms with Crippen LogP contribution in [0.1, 0.15) is 39.5 Å². The molecule has 5 heteroatoms. The lowest BCUT2D eigenvalue weighted by Crippen LogP contribution is -2.52. The van der Waals surface area contributed by atoms with Gasteiger partial charge in [0.05, 0.1) is 13.2 Å². The lowest BCUT2D eigenvalue weighted by atomic mass is 9.86. The third-order valence-electron chi connectivity index (χ3n) is 3.65. The highest BCUT2D eigenvalue weighted by Crippen LogP contribution is 2.37. The van der Waals surface area contributed by atoms with Crippen molar-refractivity contribution in [2.75, 3.05) is 19.0 Å². The number of rotatable bonds is 7. The molecule has 4 nitrogen and oxygen atoms in total. The Kier molecular flexibility index (Phi) is 6.46. The van der Waals surface area contributed by atoms with Crippen LogP contribution in [0.2, 0.25) is 0 Å². The van der Waals surface area contributed by atoms with Crippen LogP contribution in [0.25, 0.3) is 0 Å². The lowest BCUT2D eigenvalue weighted by Gasteiger charge is -2.29. The number of hydrogen-bond donors (Lipinski definition) is 2. The van der Waals surface area contributed by atoms with Crippen molar-refractivity contribution >= 4 is 17.7 Å². The van der Waals surface area contributed by atoms with E-state index in [1.54, 1.807) is 11.8 Å². The fourth-order valence-corrected chi connectivity index (χ4v) is 3.43. The van der Waals surface area contributed by atoms with Crippen LogP contribution in [0.3, 0.4) is 0 Å². The summed E-state index contributed by atoms with van der Waals surface area (Å²) in [5.74, 6) is 0.910. The fourth-order valence-electron chi connectivity index (χ4n) is 2.50. The monoisotopic (exact) mass is 275 g/mol. The minimum absolute atomic E-state index is 0.195. The minimum atomic E-state index is -0.779. The maximum absolute atomic E-state index is 11.9. The van der Waals surface area contributed by atoms with Crippen LogP contribution in [-0.4, -0.2) is 40.8 Å². The van der Waals surface area contributed by atoms with E-state index in [1.807, 2.05) is 13.8 Å². The summed E-state index contributed by atoms with van der Waals surface area (Å²) in [5.41, 5.74) is 5.47. The van der Waals surface area contributed by atoms with Gasteiger partial charge < -0.3 is 15.6 Å². The zero-order valence-corrected chi connectivity index (χ0v) is 12.2. The van der Waals surface area contributed by atoms with E-state index >= 15 is 0 Å². The van der Waals surface area contributed by atoms with E-state index in [2.05, 4.69) is 0 Å². The molecule has 1 aliphatic rings. The van der Waals surface area contributed by atoms with Crippen LogP contribution in [0, 0.1) is 5.92 Å². The predicted octanol–water partition coefficient (Wildman–Crippen LogP) is 1.55. The Morgan fingerprint density at radius 3 is 3.00 bits per heavy atom. The summed E-state index contributed by atoms with van der Waals surface area (Å²) in [4.78, 5) is 11.9. The van der Waals surface area contributed by atoms with Gasteiger partial charge in [0.1, 0.15) is 5.54 Å². The van der Waals surface area contributed by atoms with Crippen molar-refractivity contribution in [3.63, 3.8) is 0 Å². The number of ether oxygens (including phenoxy) is 1. The van der Waals surface area contributed by atoms with Gasteiger partial charge in [0, 0.05) is 5.25 Å². The van der Waals surface area contributed by atoms with E-state index in [0.29, 0.717) is 6.61 Å². The van der Waals surface area contributed by atoms with Crippen molar-refractivity contribution < 1.29 is 14.6 Å². The minimum Gasteiger partial charge on any atom is -0.465 e. The Bertz CT molecular complexity index is 275. The van der Waals surface area contributed by atoms with Crippen LogP contribution >= 0.6 is 11.8 Å². The topological polar surface area (TPSA) is 72.5 Å². The first-order valence-corrected chi connectivity index (χ1v) is 7.78. The first-order valence-electron chi connectivity index (χ1n) is 6.73. The summed E-state index contributed by atoms with van der Waals surface area (Å²) >= 11 is 1.73. The molecule has 0 amide bonds. The average molecular weight is 275 g/mol. The van der Waals surface area contributed by atoms with Gasteiger partial charge in [0.25, 0.3) is 0 Å². The van der Waals surface area contributed by atoms with Gasteiger partial charge in [0.15, 0.2) is 0 Å². The van der Waals surface area contributed by atoms with Gasteiger partial charge in [-0.1, -0.05) is 13.3 Å². The van der Waals surface area contributed by atoms with Crippen molar-refractivity contribution in [3.05, 3.63) is 0 Å². The molecule has 0 radical (unpaired) electrons. The molecular formula is C13H25NO3S. The molecule has 0 aliphatic heterocycles. The number of aliphatic hydroxyl groups excluding tert-OH is 1. The zero-order valence-electron chi connectivity index (χ0n) is 11.4. The summed E-state index contributed by atoms with van der Waals surface area (Å²) < 4.78 is 5.10. The first kappa shape index (κ1) is 15.8. The van der Waals surface area contributed by atoms with Crippen LogP contribution in [0.4, 0.5) is 0 Å². The molecule has 1 aliphatic carbocycles. The molecule has 0 saturated heterocycles. The Hall–Kier alpha value is -0.260. The smallest absolute Gasteiger partial charge is 0.326 e. The highest BCUT2D eigenvalue weighted by atomic mass is 32.2. The van der Waals surface area contributed by atoms with Crippen LogP contribution < -0.4 is 5.73 Å². The molecule has 1 rings (SSSR count). The van der Waals surface area contributed by atoms with Gasteiger partial charge in [0.2, 0.25) is 0 Å². The number of hydrogen-bond acceptors (Lipinski definition) is 5. The van der Waals surface area contributed by atoms with E-state index in [9.17, 15) is 4.79 Å². The second kappa shape index (κ2) is 7.36. The molecule has 3 N–H and O–H groups in total. The lowest BCUT2D eigenvalue weighted by molar-refractivity contribution is -0.151. The van der Waals surface area contributed by atoms with Crippen LogP contribution in [0.15, 0.2) is 0 Å². The molecule has 18 heavy (non-hydrogen) atoms. The van der Waals surface area contributed by atoms with Gasteiger partial charge in [-0.25, -0.2) is 0 Å². The molecule has 3 atom stereocenters. The molecule has 0 spiro atoms. The standard InChI is InChI=1S/C13H25NO3S/c1-3-17-12(16)13(14)7-4-5-11(13)6-8-18-10(2)9-15/h10-11,15H,3-9,14H2,1-2H3. The number of thioether (sulfide) groups is 1. The van der Waals surface area contributed by atoms with Crippen LogP contribution in [0.5, 0.6) is 0 Å². The number of nitrogens with two attached hydrogens (primary N) is 1. The van der Waals surface area contributed by atoms with E-state index in [1.165, 1.54) is 0 Å². The highest BCUT2D eigenvalue weighted by Gasteiger charge is 2.46. The molecule has 1 saturated carbocycles. The van der Waals surface area contributed by atoms with Crippen molar-refractivity contribution in [1.82, 2.24) is 0 Å². The normalized spacial score (nSPS) is 29.2. The summed E-state index contributed by atoms with van der Waals surface area (Å²) in [6, 6.07) is 0. The van der Waals surface area contributed by atoms with Gasteiger partial charge in [-0.15, -0.1) is 0 Å². The van der Waals surface area contributed by atoms with Gasteiger partial charge in [-0.3, -0.25) is 4.79 Å². The second-order valence-electron chi connectivity index (χ2n) is 5.00. The molecule has 0 aromatic carbocycles. The van der Waals surface area contributed by atoms with Crippen molar-refractivity contribution in [2.45, 2.75) is 50.3 Å². The Morgan fingerprint density at radius 2 is 2.39 bits per heavy atom. The van der Waals surface area contributed by atoms with Gasteiger partial charge in [-0.2, -0.15) is 11.8 Å². The molecule has 1 fully saturated rings. The molecule has 3 unspecified atom stereocenters. The Labute approximate surface area is 114 Å². The van der Waals surface area contributed by atoms with Gasteiger partial charge >= 0.3 is 5.97 Å². The molecule has 106 valence electrons. The van der Waals surface area contributed by atoms with Crippen molar-refractivity contribution in [1.29, 1.82) is 0 Å². The number of carbonyl (C=O) groups excluding carboxylic acids is 1. The predicted molar refractivity (Wildman–Crippen MR) is 74.5 cm³/mol. The first-order chi connectivity index (χ1) is 8.54. The zero-order chi connectivity index (χ0) is 13.6. The van der Waals surface area contributed by atoms with Crippen LogP contribution in [-0.2, 0) is 9.53 Å². The molecule has 0 aromatic heterocycles. The highest BCUT2D eigenvalue weighted by molar-refractivity contribution is 7.99. The average Bonchev–Trinajstić information content (AvgIpc) is 2.72. The third-order valence-corrected chi connectivity index (χ3v) is 4.84. The van der Waals surface area contributed by atoms with E-state index in [-0.39, 0.29) is 23.7 Å². The van der Waals surface area contributed by atoms with E-state index < -0.39 is 5.54 Å². The quantitative estimate of drug-likeness (QED) is 0.690. The molecule has 0 heterocycles. The maximum Gasteiger partial charge on any atom is 0.326 e. The maximum atomic E-state index is 11.9. The summed E-state index contributed by atoms with van der Waals surface area (Å²) in [5, 5.41) is 9.22. The number of aliphatic hydroxyl groups is 1. The fraction of sp³-hybridized carbons (Fsp3) is 0.923. The SMILES string of the molecule is CCOC(=O)C1(N)CCCC1CCSC(C)CO. The van der Waals surface area contributed by atoms with E-state index in [4.69, 9.17) is 15.6 Å². The molecule has 0 bridgehead atoms. The Balaban J connectivity index is 2.46. The number of esters is 1. The van der Waals surface area contributed by atoms with E-state index in [0.717, 1.165) is 31.4 Å².